The third-order valence-corrected chi connectivity index (χ3v) is 4.31. The molecule has 0 fully saturated rings. The minimum absolute atomic E-state index is 0.169. The standard InChI is InChI=1S/C19H21N3O/c20-19(23)22-21-18(15-10-2-1-3-11-15)17-13-7-5-9-14-8-4-6-12-16(14)17/h1-4,6,8,10-12,17H,5,7,9,13H2,(H3,20,22,23)/b21-18-/t17-/m0/s1. The summed E-state index contributed by atoms with van der Waals surface area (Å²) in [6.45, 7) is 0. The van der Waals surface area contributed by atoms with Gasteiger partial charge in [0, 0.05) is 5.92 Å². The van der Waals surface area contributed by atoms with E-state index in [1.165, 1.54) is 17.5 Å². The van der Waals surface area contributed by atoms with Crippen LogP contribution >= 0.6 is 0 Å². The molecule has 1 aliphatic carbocycles. The summed E-state index contributed by atoms with van der Waals surface area (Å²) in [5.41, 5.74) is 12.2. The van der Waals surface area contributed by atoms with Gasteiger partial charge in [0.05, 0.1) is 5.71 Å². The second-order valence-corrected chi connectivity index (χ2v) is 5.84. The summed E-state index contributed by atoms with van der Waals surface area (Å²) in [5.74, 6) is 0.169. The van der Waals surface area contributed by atoms with Gasteiger partial charge in [-0.05, 0) is 36.0 Å². The minimum Gasteiger partial charge on any atom is -0.350 e. The molecule has 0 radical (unpaired) electrons. The van der Waals surface area contributed by atoms with Gasteiger partial charge in [0.25, 0.3) is 0 Å². The largest absolute Gasteiger partial charge is 0.350 e. The SMILES string of the molecule is NC(=O)N/N=C(/c1ccccc1)[C@H]1CCCCc2ccccc21. The van der Waals surface area contributed by atoms with Crippen molar-refractivity contribution in [2.75, 3.05) is 0 Å². The van der Waals surface area contributed by atoms with E-state index < -0.39 is 6.03 Å². The average molecular weight is 307 g/mol. The number of carbonyl (C=O) groups excluding carboxylic acids is 1. The summed E-state index contributed by atoms with van der Waals surface area (Å²) < 4.78 is 0. The van der Waals surface area contributed by atoms with Crippen molar-refractivity contribution in [2.45, 2.75) is 31.6 Å². The number of hydrogen-bond acceptors (Lipinski definition) is 2. The minimum atomic E-state index is -0.639. The summed E-state index contributed by atoms with van der Waals surface area (Å²) in [5, 5.41) is 4.35. The normalized spacial score (nSPS) is 17.9. The van der Waals surface area contributed by atoms with E-state index >= 15 is 0 Å². The lowest BCUT2D eigenvalue weighted by atomic mass is 9.85. The molecule has 1 aliphatic rings. The highest BCUT2D eigenvalue weighted by Crippen LogP contribution is 2.33. The first-order valence-electron chi connectivity index (χ1n) is 8.02. The number of fused-ring (bicyclic) bond motifs is 1. The van der Waals surface area contributed by atoms with Crippen molar-refractivity contribution in [1.82, 2.24) is 5.43 Å². The van der Waals surface area contributed by atoms with Gasteiger partial charge in [-0.2, -0.15) is 5.10 Å². The molecule has 4 nitrogen and oxygen atoms in total. The Morgan fingerprint density at radius 1 is 1.04 bits per heavy atom. The van der Waals surface area contributed by atoms with Crippen LogP contribution in [0.2, 0.25) is 0 Å². The van der Waals surface area contributed by atoms with Crippen molar-refractivity contribution in [3.05, 3.63) is 71.3 Å². The zero-order chi connectivity index (χ0) is 16.1. The first-order chi connectivity index (χ1) is 11.3. The molecule has 3 rings (SSSR count). The van der Waals surface area contributed by atoms with Gasteiger partial charge in [-0.15, -0.1) is 0 Å². The molecule has 0 unspecified atom stereocenters. The van der Waals surface area contributed by atoms with Gasteiger partial charge in [-0.3, -0.25) is 0 Å². The molecule has 23 heavy (non-hydrogen) atoms. The van der Waals surface area contributed by atoms with E-state index in [0.29, 0.717) is 0 Å². The van der Waals surface area contributed by atoms with Crippen molar-refractivity contribution in [3.63, 3.8) is 0 Å². The van der Waals surface area contributed by atoms with Gasteiger partial charge in [0.1, 0.15) is 0 Å². The van der Waals surface area contributed by atoms with Gasteiger partial charge < -0.3 is 5.73 Å². The number of nitrogens with two attached hydrogens (primary N) is 1. The molecule has 1 atom stereocenters. The third kappa shape index (κ3) is 3.59. The second kappa shape index (κ2) is 7.09. The molecule has 0 aromatic heterocycles. The van der Waals surface area contributed by atoms with Crippen molar-refractivity contribution < 1.29 is 4.79 Å². The van der Waals surface area contributed by atoms with Gasteiger partial charge in [-0.25, -0.2) is 10.2 Å². The Kier molecular flexibility index (Phi) is 4.71. The Hall–Kier alpha value is -2.62. The smallest absolute Gasteiger partial charge is 0.332 e. The molecular formula is C19H21N3O. The maximum absolute atomic E-state index is 11.1. The summed E-state index contributed by atoms with van der Waals surface area (Å²) >= 11 is 0. The van der Waals surface area contributed by atoms with Gasteiger partial charge in [0.15, 0.2) is 0 Å². The fourth-order valence-electron chi connectivity index (χ4n) is 3.27. The van der Waals surface area contributed by atoms with Gasteiger partial charge in [0.2, 0.25) is 0 Å². The van der Waals surface area contributed by atoms with E-state index in [1.54, 1.807) is 0 Å². The molecule has 118 valence electrons. The first-order valence-corrected chi connectivity index (χ1v) is 8.02. The summed E-state index contributed by atoms with van der Waals surface area (Å²) in [7, 11) is 0. The van der Waals surface area contributed by atoms with Crippen LogP contribution in [0.15, 0.2) is 59.7 Å². The van der Waals surface area contributed by atoms with Gasteiger partial charge in [-0.1, -0.05) is 61.0 Å². The molecule has 0 spiro atoms. The highest BCUT2D eigenvalue weighted by molar-refractivity contribution is 6.05. The molecule has 4 heteroatoms. The Morgan fingerprint density at radius 2 is 1.78 bits per heavy atom. The fraction of sp³-hybridized carbons (Fsp3) is 0.263. The number of carbonyl (C=O) groups is 1. The Bertz CT molecular complexity index is 710. The van der Waals surface area contributed by atoms with Crippen molar-refractivity contribution in [2.24, 2.45) is 10.8 Å². The summed E-state index contributed by atoms with van der Waals surface area (Å²) in [4.78, 5) is 11.1. The zero-order valence-corrected chi connectivity index (χ0v) is 13.0. The molecule has 0 bridgehead atoms. The maximum atomic E-state index is 11.1. The highest BCUT2D eigenvalue weighted by Gasteiger charge is 2.24. The van der Waals surface area contributed by atoms with E-state index in [-0.39, 0.29) is 5.92 Å². The third-order valence-electron chi connectivity index (χ3n) is 4.31. The van der Waals surface area contributed by atoms with Crippen molar-refractivity contribution in [1.29, 1.82) is 0 Å². The van der Waals surface area contributed by atoms with E-state index in [0.717, 1.165) is 30.5 Å². The fourth-order valence-corrected chi connectivity index (χ4v) is 3.27. The van der Waals surface area contributed by atoms with Crippen LogP contribution < -0.4 is 11.2 Å². The number of amides is 2. The highest BCUT2D eigenvalue weighted by atomic mass is 16.2. The van der Waals surface area contributed by atoms with Crippen LogP contribution in [0.5, 0.6) is 0 Å². The number of urea groups is 1. The number of rotatable bonds is 3. The van der Waals surface area contributed by atoms with Crippen LogP contribution in [-0.4, -0.2) is 11.7 Å². The molecule has 0 saturated heterocycles. The van der Waals surface area contributed by atoms with Crippen LogP contribution in [0.4, 0.5) is 4.79 Å². The number of benzene rings is 2. The number of nitrogens with one attached hydrogen (secondary N) is 1. The van der Waals surface area contributed by atoms with E-state index in [9.17, 15) is 4.79 Å². The molecule has 2 aromatic carbocycles. The monoisotopic (exact) mass is 307 g/mol. The lowest BCUT2D eigenvalue weighted by molar-refractivity contribution is 0.249. The Balaban J connectivity index is 2.06. The number of hydrogen-bond donors (Lipinski definition) is 2. The molecule has 0 heterocycles. The predicted octanol–water partition coefficient (Wildman–Crippen LogP) is 3.57. The average Bonchev–Trinajstić information content (AvgIpc) is 2.79. The molecule has 0 aliphatic heterocycles. The van der Waals surface area contributed by atoms with E-state index in [2.05, 4.69) is 34.8 Å². The number of aryl methyl sites for hydroxylation is 1. The van der Waals surface area contributed by atoms with Crippen LogP contribution in [0.25, 0.3) is 0 Å². The molecule has 2 amide bonds. The number of primary amides is 1. The van der Waals surface area contributed by atoms with Crippen LogP contribution in [0, 0.1) is 0 Å². The number of nitrogens with zero attached hydrogens (tertiary/aromatic N) is 1. The lowest BCUT2D eigenvalue weighted by Gasteiger charge is -2.20. The topological polar surface area (TPSA) is 67.5 Å². The predicted molar refractivity (Wildman–Crippen MR) is 92.4 cm³/mol. The van der Waals surface area contributed by atoms with Gasteiger partial charge >= 0.3 is 6.03 Å². The quantitative estimate of drug-likeness (QED) is 0.508. The van der Waals surface area contributed by atoms with E-state index in [4.69, 9.17) is 5.73 Å². The lowest BCUT2D eigenvalue weighted by Crippen LogP contribution is -2.27. The molecule has 2 aromatic rings. The van der Waals surface area contributed by atoms with Crippen molar-refractivity contribution >= 4 is 11.7 Å². The number of hydrazone groups is 1. The van der Waals surface area contributed by atoms with Crippen LogP contribution in [0.3, 0.4) is 0 Å². The van der Waals surface area contributed by atoms with E-state index in [1.807, 2.05) is 30.3 Å². The zero-order valence-electron chi connectivity index (χ0n) is 13.0. The van der Waals surface area contributed by atoms with Crippen LogP contribution in [-0.2, 0) is 6.42 Å². The molecule has 0 saturated carbocycles. The van der Waals surface area contributed by atoms with Crippen LogP contribution in [0.1, 0.15) is 41.9 Å². The maximum Gasteiger partial charge on any atom is 0.332 e. The Morgan fingerprint density at radius 3 is 2.57 bits per heavy atom. The molecular weight excluding hydrogens is 286 g/mol. The molecule has 3 N–H and O–H groups in total. The second-order valence-electron chi connectivity index (χ2n) is 5.84. The summed E-state index contributed by atoms with van der Waals surface area (Å²) in [6, 6.07) is 17.9. The van der Waals surface area contributed by atoms with Crippen molar-refractivity contribution in [3.8, 4) is 0 Å². The Labute approximate surface area is 136 Å². The first kappa shape index (κ1) is 15.3. The summed E-state index contributed by atoms with van der Waals surface area (Å²) in [6.07, 6.45) is 4.43.